The molecule has 0 aromatic heterocycles. The van der Waals surface area contributed by atoms with Gasteiger partial charge in [0.1, 0.15) is 8.07 Å². The average molecular weight is 432 g/mol. The minimum Gasteiger partial charge on any atom is 0 e. The second kappa shape index (κ2) is 17.5. The summed E-state index contributed by atoms with van der Waals surface area (Å²) in [5.41, 5.74) is 3.36. The van der Waals surface area contributed by atoms with E-state index >= 15 is 0 Å². The molecule has 1 saturated carbocycles. The summed E-state index contributed by atoms with van der Waals surface area (Å²) in [6.07, 6.45) is 13.0. The number of halogens is 4. The van der Waals surface area contributed by atoms with Crippen molar-refractivity contribution < 1.29 is 48.3 Å². The third kappa shape index (κ3) is 17.9. The molecule has 0 aromatic rings. The van der Waals surface area contributed by atoms with Gasteiger partial charge in [0.2, 0.25) is 0 Å². The number of fused-ring (bicyclic) bond motifs is 1. The Morgan fingerprint density at radius 2 is 1.42 bits per heavy atom. The normalized spacial score (nSPS) is 17.2. The van der Waals surface area contributed by atoms with Crippen molar-refractivity contribution in [3.63, 3.8) is 0 Å². The standard InChI is InChI=1S/C13H21Si.3CO.BF4.Fe/c1-14(2,3)13-9-8-11-6-4-5-7-12(11)10-13;3*1-2;2-1(3,4)5;/h8-11H,4-7H2,1-3H3;;;;;/q+1;;;;-1;. The summed E-state index contributed by atoms with van der Waals surface area (Å²) in [4.78, 5) is 0. The van der Waals surface area contributed by atoms with Crippen LogP contribution < -0.4 is 0 Å². The molecule has 10 heteroatoms. The van der Waals surface area contributed by atoms with E-state index in [1.54, 1.807) is 11.1 Å². The van der Waals surface area contributed by atoms with Crippen LogP contribution in [0, 0.1) is 31.4 Å². The number of hydrogen-bond acceptors (Lipinski definition) is 0. The van der Waals surface area contributed by atoms with Crippen molar-refractivity contribution in [2.45, 2.75) is 45.3 Å². The van der Waals surface area contributed by atoms with Crippen molar-refractivity contribution >= 4 is 15.3 Å². The van der Waals surface area contributed by atoms with Gasteiger partial charge < -0.3 is 17.3 Å². The maximum Gasteiger partial charge on any atom is 0 e. The first-order valence-corrected chi connectivity index (χ1v) is 10.8. The molecule has 2 aliphatic rings. The molecule has 1 atom stereocenters. The van der Waals surface area contributed by atoms with E-state index in [1.807, 2.05) is 0 Å². The first-order valence-electron chi connectivity index (χ1n) is 7.32. The van der Waals surface area contributed by atoms with Gasteiger partial charge in [0.15, 0.2) is 0 Å². The molecule has 0 aromatic carbocycles. The molecule has 1 unspecified atom stereocenters. The van der Waals surface area contributed by atoms with Gasteiger partial charge in [-0.2, -0.15) is 0 Å². The van der Waals surface area contributed by atoms with Crippen molar-refractivity contribution in [3.8, 4) is 0 Å². The van der Waals surface area contributed by atoms with E-state index in [9.17, 15) is 17.3 Å². The van der Waals surface area contributed by atoms with Crippen LogP contribution in [-0.4, -0.2) is 15.3 Å². The van der Waals surface area contributed by atoms with E-state index in [1.165, 1.54) is 25.7 Å². The van der Waals surface area contributed by atoms with Crippen LogP contribution in [0.25, 0.3) is 0 Å². The van der Waals surface area contributed by atoms with Crippen LogP contribution in [0.15, 0.2) is 23.8 Å². The van der Waals surface area contributed by atoms with Crippen molar-refractivity contribution in [1.82, 2.24) is 0 Å². The fourth-order valence-electron chi connectivity index (χ4n) is 2.40. The summed E-state index contributed by atoms with van der Waals surface area (Å²) in [5, 5.41) is 0. The molecule has 0 heterocycles. The number of hydrogen-bond donors (Lipinski definition) is 0. The molecule has 146 valence electrons. The maximum absolute atomic E-state index is 9.75. The SMILES string of the molecule is C[Si](C)(C)[C+]1C=CC2CCCCC2=C1.F[B-](F)(F)F.[C-]#[O+].[C-]#[O+].[C-]#[O+].[Fe]. The fourth-order valence-corrected chi connectivity index (χ4v) is 3.61. The summed E-state index contributed by atoms with van der Waals surface area (Å²) in [6, 6.07) is 0. The van der Waals surface area contributed by atoms with E-state index in [-0.39, 0.29) is 17.1 Å². The van der Waals surface area contributed by atoms with E-state index in [0.29, 0.717) is 0 Å². The summed E-state index contributed by atoms with van der Waals surface area (Å²) in [7, 11) is -7.08. The van der Waals surface area contributed by atoms with Gasteiger partial charge in [-0.25, -0.2) is 0 Å². The molecule has 3 nitrogen and oxygen atoms in total. The Hall–Kier alpha value is -0.909. The molecule has 0 N–H and O–H groups in total. The van der Waals surface area contributed by atoms with Gasteiger partial charge in [-0.05, 0) is 19.3 Å². The molecule has 1 fully saturated rings. The summed E-state index contributed by atoms with van der Waals surface area (Å²) >= 11 is 0. The quantitative estimate of drug-likeness (QED) is 0.234. The molecular formula is C16H21BF4FeO3Si. The molecule has 2 rings (SSSR count). The van der Waals surface area contributed by atoms with Gasteiger partial charge in [0.05, 0.1) is 5.92 Å². The zero-order valence-electron chi connectivity index (χ0n) is 14.8. The summed E-state index contributed by atoms with van der Waals surface area (Å²) in [6.45, 7) is 20.8. The molecule has 0 spiro atoms. The average Bonchev–Trinajstić information content (AvgIpc) is 2.57. The molecule has 0 saturated heterocycles. The largest absolute Gasteiger partial charge is 0 e. The maximum atomic E-state index is 9.75. The van der Waals surface area contributed by atoms with Gasteiger partial charge in [0, 0.05) is 52.8 Å². The van der Waals surface area contributed by atoms with Crippen molar-refractivity contribution in [2.75, 3.05) is 0 Å². The third-order valence-corrected chi connectivity index (χ3v) is 5.46. The van der Waals surface area contributed by atoms with Crippen LogP contribution >= 0.6 is 0 Å². The monoisotopic (exact) mass is 432 g/mol. The first kappa shape index (κ1) is 32.7. The second-order valence-electron chi connectivity index (χ2n) is 6.13. The Kier molecular flexibility index (Phi) is 22.0. The zero-order valence-corrected chi connectivity index (χ0v) is 16.9. The topological polar surface area (TPSA) is 59.7 Å². The summed E-state index contributed by atoms with van der Waals surface area (Å²) < 4.78 is 61.5. The van der Waals surface area contributed by atoms with E-state index < -0.39 is 15.3 Å². The molecule has 0 bridgehead atoms. The third-order valence-electron chi connectivity index (χ3n) is 3.42. The molecule has 0 aliphatic heterocycles. The van der Waals surface area contributed by atoms with Gasteiger partial charge in [-0.1, -0.05) is 19.6 Å². The van der Waals surface area contributed by atoms with Gasteiger partial charge >= 0.3 is 41.2 Å². The minimum absolute atomic E-state index is 0. The van der Waals surface area contributed by atoms with Crippen LogP contribution in [0.3, 0.4) is 0 Å². The predicted octanol–water partition coefficient (Wildman–Crippen LogP) is 5.31. The second-order valence-corrected chi connectivity index (χ2v) is 11.2. The minimum atomic E-state index is -6.00. The fraction of sp³-hybridized carbons (Fsp3) is 0.500. The van der Waals surface area contributed by atoms with Crippen molar-refractivity contribution in [2.24, 2.45) is 5.92 Å². The molecule has 2 aliphatic carbocycles. The van der Waals surface area contributed by atoms with Crippen molar-refractivity contribution in [1.29, 1.82) is 0 Å². The molecule has 0 radical (unpaired) electrons. The van der Waals surface area contributed by atoms with E-state index in [4.69, 9.17) is 14.0 Å². The van der Waals surface area contributed by atoms with E-state index in [0.717, 1.165) is 5.92 Å². The Balaban J connectivity index is -0.000000172. The smallest absolute Gasteiger partial charge is 0 e. The zero-order chi connectivity index (χ0) is 20.7. The first-order chi connectivity index (χ1) is 11.6. The summed E-state index contributed by atoms with van der Waals surface area (Å²) in [5.74, 6) is 0.795. The Morgan fingerprint density at radius 3 is 1.81 bits per heavy atom. The van der Waals surface area contributed by atoms with Crippen LogP contribution in [0.1, 0.15) is 25.7 Å². The van der Waals surface area contributed by atoms with Crippen LogP contribution in [0.4, 0.5) is 17.3 Å². The van der Waals surface area contributed by atoms with Crippen LogP contribution in [0.2, 0.25) is 19.6 Å². The number of allylic oxidation sites excluding steroid dienone is 4. The van der Waals surface area contributed by atoms with Gasteiger partial charge in [-0.3, -0.25) is 0 Å². The van der Waals surface area contributed by atoms with Gasteiger partial charge in [-0.15, -0.1) is 0 Å². The number of rotatable bonds is 1. The van der Waals surface area contributed by atoms with Crippen LogP contribution in [-0.2, 0) is 31.0 Å². The molecule has 26 heavy (non-hydrogen) atoms. The molecule has 0 amide bonds. The Bertz CT molecular complexity index is 462. The van der Waals surface area contributed by atoms with Crippen molar-refractivity contribution in [3.05, 3.63) is 49.3 Å². The Morgan fingerprint density at radius 1 is 1.00 bits per heavy atom. The van der Waals surface area contributed by atoms with Crippen LogP contribution in [0.5, 0.6) is 0 Å². The molecular weight excluding hydrogens is 411 g/mol. The van der Waals surface area contributed by atoms with Gasteiger partial charge in [0.25, 0.3) is 0 Å². The predicted molar refractivity (Wildman–Crippen MR) is 87.7 cm³/mol. The van der Waals surface area contributed by atoms with E-state index in [2.05, 4.69) is 57.8 Å². The Labute approximate surface area is 164 Å².